The minimum Gasteiger partial charge on any atom is -0.377 e. The van der Waals surface area contributed by atoms with E-state index in [1.54, 1.807) is 48.3 Å². The number of imide groups is 2. The number of rotatable bonds is 17. The number of nitro benzene ring substituents is 2. The highest BCUT2D eigenvalue weighted by molar-refractivity contribution is 6.28. The Hall–Kier alpha value is -5.68. The zero-order chi connectivity index (χ0) is 39.7. The van der Waals surface area contributed by atoms with E-state index in [0.29, 0.717) is 36.8 Å². The van der Waals surface area contributed by atoms with Crippen molar-refractivity contribution in [3.63, 3.8) is 0 Å². The molecule has 288 valence electrons. The minimum atomic E-state index is -1.03. The van der Waals surface area contributed by atoms with Gasteiger partial charge in [0.1, 0.15) is 17.4 Å². The molecule has 0 saturated heterocycles. The Labute approximate surface area is 316 Å². The molecular formula is C39H43N7O9. The van der Waals surface area contributed by atoms with Crippen LogP contribution in [0.15, 0.2) is 60.7 Å². The number of nitrogens with zero attached hydrogens (tertiary/aromatic N) is 6. The van der Waals surface area contributed by atoms with Gasteiger partial charge in [-0.2, -0.15) is 0 Å². The van der Waals surface area contributed by atoms with Gasteiger partial charge in [-0.1, -0.05) is 45.0 Å². The van der Waals surface area contributed by atoms with Gasteiger partial charge in [0.05, 0.1) is 9.85 Å². The number of nitro groups is 2. The van der Waals surface area contributed by atoms with Crippen LogP contribution < -0.4 is 5.32 Å². The topological polar surface area (TPSA) is 200 Å². The summed E-state index contributed by atoms with van der Waals surface area (Å²) in [6.45, 7) is 7.41. The summed E-state index contributed by atoms with van der Waals surface area (Å²) in [5.41, 5.74) is -0.566. The second-order valence-corrected chi connectivity index (χ2v) is 14.1. The van der Waals surface area contributed by atoms with Crippen LogP contribution in [0.3, 0.4) is 0 Å². The summed E-state index contributed by atoms with van der Waals surface area (Å²) in [6, 6.07) is 15.1. The number of aliphatic hydroxyl groups excluding tert-OH is 1. The number of likely N-dealkylation sites (N-methyl/N-ethyl adjacent to an activating group) is 2. The molecule has 6 rings (SSSR count). The molecule has 0 radical (unpaired) electrons. The molecule has 4 aromatic carbocycles. The molecule has 2 aliphatic rings. The molecule has 0 aromatic heterocycles. The first-order valence-electron chi connectivity index (χ1n) is 18.2. The summed E-state index contributed by atoms with van der Waals surface area (Å²) >= 11 is 0. The lowest BCUT2D eigenvalue weighted by atomic mass is 9.92. The van der Waals surface area contributed by atoms with E-state index in [1.807, 2.05) is 25.7 Å². The first kappa shape index (κ1) is 39.0. The highest BCUT2D eigenvalue weighted by Gasteiger charge is 2.40. The molecule has 16 heteroatoms. The molecule has 2 heterocycles. The Morgan fingerprint density at radius 2 is 1.20 bits per heavy atom. The summed E-state index contributed by atoms with van der Waals surface area (Å²) in [5.74, 6) is -2.58. The SMILES string of the molecule is CCN(CCCN(CCN1C(=O)c2cccc3ccc([N+](=O)[O-])c(c23)C1=O)C(O)[C@H](NC)C(C)C)CCN1C(=O)c2cccc3ccc([N+](=O)[O-])c(c23)C1=O. The predicted octanol–water partition coefficient (Wildman–Crippen LogP) is 4.28. The smallest absolute Gasteiger partial charge is 0.282 e. The number of hydrogen-bond donors (Lipinski definition) is 2. The summed E-state index contributed by atoms with van der Waals surface area (Å²) in [5, 5.41) is 40.2. The van der Waals surface area contributed by atoms with Gasteiger partial charge in [0.15, 0.2) is 0 Å². The molecule has 55 heavy (non-hydrogen) atoms. The second-order valence-electron chi connectivity index (χ2n) is 14.1. The van der Waals surface area contributed by atoms with E-state index in [1.165, 1.54) is 24.3 Å². The fourth-order valence-electron chi connectivity index (χ4n) is 7.81. The maximum Gasteiger partial charge on any atom is 0.282 e. The average Bonchev–Trinajstić information content (AvgIpc) is 3.16. The van der Waals surface area contributed by atoms with Gasteiger partial charge in [0.25, 0.3) is 35.0 Å². The van der Waals surface area contributed by atoms with Gasteiger partial charge in [-0.05, 0) is 67.5 Å². The van der Waals surface area contributed by atoms with Crippen LogP contribution in [0.2, 0.25) is 0 Å². The lowest BCUT2D eigenvalue weighted by Crippen LogP contribution is -2.54. The van der Waals surface area contributed by atoms with Crippen molar-refractivity contribution in [2.24, 2.45) is 5.92 Å². The number of nitrogens with one attached hydrogen (secondary N) is 1. The average molecular weight is 754 g/mol. The Bertz CT molecular complexity index is 2230. The van der Waals surface area contributed by atoms with Crippen LogP contribution in [0.4, 0.5) is 11.4 Å². The first-order chi connectivity index (χ1) is 26.3. The fourth-order valence-corrected chi connectivity index (χ4v) is 7.81. The number of carbonyl (C=O) groups excluding carboxylic acids is 4. The van der Waals surface area contributed by atoms with E-state index >= 15 is 0 Å². The molecule has 1 unspecified atom stereocenters. The van der Waals surface area contributed by atoms with Gasteiger partial charge < -0.3 is 15.3 Å². The third kappa shape index (κ3) is 7.16. The first-order valence-corrected chi connectivity index (χ1v) is 18.2. The normalized spacial score (nSPS) is 15.3. The van der Waals surface area contributed by atoms with Gasteiger partial charge in [-0.15, -0.1) is 0 Å². The van der Waals surface area contributed by atoms with E-state index < -0.39 is 39.7 Å². The van der Waals surface area contributed by atoms with Gasteiger partial charge in [-0.3, -0.25) is 54.1 Å². The van der Waals surface area contributed by atoms with E-state index in [-0.39, 0.29) is 82.5 Å². The number of carbonyl (C=O) groups is 4. The molecule has 0 saturated carbocycles. The van der Waals surface area contributed by atoms with E-state index in [2.05, 4.69) is 5.32 Å². The molecule has 0 fully saturated rings. The molecule has 2 N–H and O–H groups in total. The third-order valence-corrected chi connectivity index (χ3v) is 10.7. The van der Waals surface area contributed by atoms with Gasteiger partial charge >= 0.3 is 0 Å². The number of benzene rings is 4. The molecule has 2 aliphatic heterocycles. The van der Waals surface area contributed by atoms with Crippen molar-refractivity contribution in [3.05, 3.63) is 103 Å². The molecule has 0 spiro atoms. The molecule has 0 aliphatic carbocycles. The zero-order valence-corrected chi connectivity index (χ0v) is 31.1. The molecule has 0 bridgehead atoms. The molecule has 4 aromatic rings. The van der Waals surface area contributed by atoms with Crippen LogP contribution in [0.5, 0.6) is 0 Å². The monoisotopic (exact) mass is 753 g/mol. The highest BCUT2D eigenvalue weighted by atomic mass is 16.6. The van der Waals surface area contributed by atoms with Crippen LogP contribution in [-0.4, -0.2) is 123 Å². The van der Waals surface area contributed by atoms with Gasteiger partial charge in [0, 0.05) is 72.8 Å². The van der Waals surface area contributed by atoms with E-state index in [9.17, 15) is 44.5 Å². The molecular weight excluding hydrogens is 710 g/mol. The molecule has 16 nitrogen and oxygen atoms in total. The number of hydrogen-bond acceptors (Lipinski definition) is 12. The predicted molar refractivity (Wildman–Crippen MR) is 204 cm³/mol. The summed E-state index contributed by atoms with van der Waals surface area (Å²) in [7, 11) is 1.73. The van der Waals surface area contributed by atoms with Crippen LogP contribution in [0.1, 0.15) is 68.6 Å². The molecule has 2 atom stereocenters. The van der Waals surface area contributed by atoms with Gasteiger partial charge in [0.2, 0.25) is 0 Å². The van der Waals surface area contributed by atoms with Crippen molar-refractivity contribution in [1.29, 1.82) is 0 Å². The Morgan fingerprint density at radius 3 is 1.64 bits per heavy atom. The standard InChI is InChI=1S/C39H43N7O9/c1-5-41(19-21-43-35(47)26-11-6-9-24-13-15-28(45(52)53)32(30(24)26)37(43)49)17-8-18-42(39(51)34(40-4)23(2)3)20-22-44-36(48)27-12-7-10-25-14-16-29(46(54)55)33(31(25)27)38(44)50/h6-7,9-16,23,34,39-40,51H,5,8,17-22H2,1-4H3/t34-,39?/m1/s1. The van der Waals surface area contributed by atoms with Gasteiger partial charge in [-0.25, -0.2) is 0 Å². The van der Waals surface area contributed by atoms with E-state index in [0.717, 1.165) is 9.80 Å². The number of amides is 4. The fraction of sp³-hybridized carbons (Fsp3) is 0.385. The van der Waals surface area contributed by atoms with Crippen molar-refractivity contribution in [2.45, 2.75) is 39.5 Å². The largest absolute Gasteiger partial charge is 0.377 e. The zero-order valence-electron chi connectivity index (χ0n) is 31.1. The third-order valence-electron chi connectivity index (χ3n) is 10.7. The minimum absolute atomic E-state index is 0.00551. The lowest BCUT2D eigenvalue weighted by Gasteiger charge is -2.37. The summed E-state index contributed by atoms with van der Waals surface area (Å²) in [4.78, 5) is 83.1. The van der Waals surface area contributed by atoms with Crippen LogP contribution in [-0.2, 0) is 0 Å². The van der Waals surface area contributed by atoms with Crippen LogP contribution >= 0.6 is 0 Å². The maximum atomic E-state index is 13.8. The Morgan fingerprint density at radius 1 is 0.709 bits per heavy atom. The van der Waals surface area contributed by atoms with Crippen molar-refractivity contribution in [1.82, 2.24) is 24.9 Å². The number of aliphatic hydroxyl groups is 1. The Balaban J connectivity index is 1.16. The van der Waals surface area contributed by atoms with Crippen molar-refractivity contribution < 1.29 is 34.1 Å². The summed E-state index contributed by atoms with van der Waals surface area (Å²) < 4.78 is 0. The highest BCUT2D eigenvalue weighted by Crippen LogP contribution is 2.37. The quantitative estimate of drug-likeness (QED) is 0.0673. The second kappa shape index (κ2) is 16.0. The molecule has 4 amide bonds. The van der Waals surface area contributed by atoms with Crippen LogP contribution in [0, 0.1) is 26.1 Å². The van der Waals surface area contributed by atoms with Crippen molar-refractivity contribution >= 4 is 56.5 Å². The van der Waals surface area contributed by atoms with Crippen molar-refractivity contribution in [3.8, 4) is 0 Å². The Kier molecular flexibility index (Phi) is 11.3. The summed E-state index contributed by atoms with van der Waals surface area (Å²) in [6.07, 6.45) is -0.521. The maximum absolute atomic E-state index is 13.8. The van der Waals surface area contributed by atoms with E-state index in [4.69, 9.17) is 0 Å². The van der Waals surface area contributed by atoms with Crippen LogP contribution in [0.25, 0.3) is 21.5 Å². The lowest BCUT2D eigenvalue weighted by molar-refractivity contribution is -0.385. The van der Waals surface area contributed by atoms with Crippen molar-refractivity contribution in [2.75, 3.05) is 52.9 Å².